The lowest BCUT2D eigenvalue weighted by molar-refractivity contribution is -0.138. The first kappa shape index (κ1) is 8.14. The Morgan fingerprint density at radius 3 is 2.11 bits per heavy atom. The van der Waals surface area contributed by atoms with Gasteiger partial charge in [-0.2, -0.15) is 0 Å². The lowest BCUT2D eigenvalue weighted by atomic mass is 10.3. The molecule has 0 saturated carbocycles. The van der Waals surface area contributed by atoms with Gasteiger partial charge < -0.3 is 4.90 Å². The van der Waals surface area contributed by atoms with E-state index < -0.39 is 5.91 Å². The molecule has 0 aromatic rings. The van der Waals surface area contributed by atoms with Crippen LogP contribution in [-0.2, 0) is 9.59 Å². The summed E-state index contributed by atoms with van der Waals surface area (Å²) in [7, 11) is 1.60. The zero-order valence-corrected chi connectivity index (χ0v) is 5.92. The first-order valence-electron chi connectivity index (χ1n) is 2.81. The van der Waals surface area contributed by atoms with E-state index in [9.17, 15) is 9.59 Å². The molecule has 9 heavy (non-hydrogen) atoms. The van der Waals surface area contributed by atoms with E-state index in [-0.39, 0.29) is 6.04 Å². The normalized spacial score (nSPS) is 9.33. The Bertz CT molecular complexity index is 120. The van der Waals surface area contributed by atoms with Crippen molar-refractivity contribution < 1.29 is 9.59 Å². The minimum atomic E-state index is -0.468. The van der Waals surface area contributed by atoms with Crippen molar-refractivity contribution in [1.82, 2.24) is 4.90 Å². The van der Waals surface area contributed by atoms with Crippen LogP contribution in [0.4, 0.5) is 0 Å². The molecule has 0 saturated heterocycles. The van der Waals surface area contributed by atoms with Crippen molar-refractivity contribution >= 4 is 12.2 Å². The maximum atomic E-state index is 10.5. The molecule has 0 aromatic carbocycles. The Kier molecular flexibility index (Phi) is 2.91. The Hall–Kier alpha value is -0.860. The molecule has 0 aliphatic rings. The summed E-state index contributed by atoms with van der Waals surface area (Å²) >= 11 is 0. The first-order chi connectivity index (χ1) is 4.09. The molecule has 0 radical (unpaired) electrons. The number of nitrogens with zero attached hydrogens (tertiary/aromatic N) is 1. The van der Waals surface area contributed by atoms with Crippen LogP contribution in [0, 0.1) is 0 Å². The quantitative estimate of drug-likeness (QED) is 0.390. The van der Waals surface area contributed by atoms with Crippen molar-refractivity contribution in [1.29, 1.82) is 0 Å². The van der Waals surface area contributed by atoms with Crippen LogP contribution in [0.1, 0.15) is 13.8 Å². The van der Waals surface area contributed by atoms with E-state index in [0.717, 1.165) is 0 Å². The summed E-state index contributed by atoms with van der Waals surface area (Å²) in [6, 6.07) is 0.0997. The molecule has 0 spiro atoms. The van der Waals surface area contributed by atoms with Crippen molar-refractivity contribution in [2.24, 2.45) is 0 Å². The molecule has 0 heterocycles. The molecule has 52 valence electrons. The number of hydrogen-bond donors (Lipinski definition) is 0. The highest BCUT2D eigenvalue weighted by molar-refractivity contribution is 6.23. The smallest absolute Gasteiger partial charge is 0.286 e. The predicted molar refractivity (Wildman–Crippen MR) is 34.0 cm³/mol. The Labute approximate surface area is 54.6 Å². The van der Waals surface area contributed by atoms with Gasteiger partial charge in [0.15, 0.2) is 0 Å². The van der Waals surface area contributed by atoms with E-state index in [0.29, 0.717) is 6.29 Å². The van der Waals surface area contributed by atoms with Crippen LogP contribution in [0.25, 0.3) is 0 Å². The van der Waals surface area contributed by atoms with Crippen molar-refractivity contribution in [2.75, 3.05) is 7.05 Å². The fourth-order valence-electron chi connectivity index (χ4n) is 0.338. The van der Waals surface area contributed by atoms with Crippen LogP contribution in [0.3, 0.4) is 0 Å². The van der Waals surface area contributed by atoms with E-state index >= 15 is 0 Å². The van der Waals surface area contributed by atoms with Gasteiger partial charge in [-0.1, -0.05) is 0 Å². The Morgan fingerprint density at radius 1 is 1.56 bits per heavy atom. The molecule has 0 aliphatic heterocycles. The molecule has 0 N–H and O–H groups in total. The second-order valence-corrected chi connectivity index (χ2v) is 2.16. The summed E-state index contributed by atoms with van der Waals surface area (Å²) in [6.45, 7) is 3.70. The van der Waals surface area contributed by atoms with Gasteiger partial charge in [-0.15, -0.1) is 0 Å². The number of carbonyl (C=O) groups excluding carboxylic acids is 2. The van der Waals surface area contributed by atoms with Crippen LogP contribution >= 0.6 is 0 Å². The molecule has 0 rings (SSSR count). The number of aldehydes is 1. The van der Waals surface area contributed by atoms with E-state index in [1.807, 2.05) is 13.8 Å². The van der Waals surface area contributed by atoms with Crippen LogP contribution in [-0.4, -0.2) is 30.2 Å². The minimum Gasteiger partial charge on any atom is -0.337 e. The van der Waals surface area contributed by atoms with E-state index in [2.05, 4.69) is 0 Å². The van der Waals surface area contributed by atoms with Crippen LogP contribution in [0.2, 0.25) is 0 Å². The van der Waals surface area contributed by atoms with Gasteiger partial charge in [0.25, 0.3) is 5.91 Å². The van der Waals surface area contributed by atoms with Gasteiger partial charge in [0.2, 0.25) is 6.29 Å². The summed E-state index contributed by atoms with van der Waals surface area (Å²) in [4.78, 5) is 21.8. The lowest BCUT2D eigenvalue weighted by Gasteiger charge is -2.17. The van der Waals surface area contributed by atoms with Gasteiger partial charge in [-0.3, -0.25) is 9.59 Å². The predicted octanol–water partition coefficient (Wildman–Crippen LogP) is 0.0521. The molecule has 3 heteroatoms. The molecule has 0 aromatic heterocycles. The van der Waals surface area contributed by atoms with Crippen LogP contribution in [0.15, 0.2) is 0 Å². The molecule has 0 aliphatic carbocycles. The van der Waals surface area contributed by atoms with Crippen LogP contribution in [0.5, 0.6) is 0 Å². The second kappa shape index (κ2) is 3.22. The zero-order valence-electron chi connectivity index (χ0n) is 5.92. The summed E-state index contributed by atoms with van der Waals surface area (Å²) in [6.07, 6.45) is 0.319. The number of likely N-dealkylation sites (N-methyl/N-ethyl adjacent to an activating group) is 1. The van der Waals surface area contributed by atoms with Crippen molar-refractivity contribution in [3.05, 3.63) is 0 Å². The first-order valence-corrected chi connectivity index (χ1v) is 2.81. The van der Waals surface area contributed by atoms with Crippen molar-refractivity contribution in [2.45, 2.75) is 19.9 Å². The Balaban J connectivity index is 3.87. The third kappa shape index (κ3) is 2.26. The van der Waals surface area contributed by atoms with Gasteiger partial charge >= 0.3 is 0 Å². The van der Waals surface area contributed by atoms with E-state index in [4.69, 9.17) is 0 Å². The second-order valence-electron chi connectivity index (χ2n) is 2.16. The van der Waals surface area contributed by atoms with Crippen LogP contribution < -0.4 is 0 Å². The van der Waals surface area contributed by atoms with Gasteiger partial charge in [-0.25, -0.2) is 0 Å². The van der Waals surface area contributed by atoms with E-state index in [1.54, 1.807) is 7.05 Å². The fourth-order valence-corrected chi connectivity index (χ4v) is 0.338. The monoisotopic (exact) mass is 129 g/mol. The Morgan fingerprint density at radius 2 is 2.00 bits per heavy atom. The summed E-state index contributed by atoms with van der Waals surface area (Å²) in [5.74, 6) is -0.468. The largest absolute Gasteiger partial charge is 0.337 e. The number of hydrogen-bond acceptors (Lipinski definition) is 2. The summed E-state index contributed by atoms with van der Waals surface area (Å²) in [5, 5.41) is 0. The molecule has 0 bridgehead atoms. The van der Waals surface area contributed by atoms with Crippen molar-refractivity contribution in [3.8, 4) is 0 Å². The van der Waals surface area contributed by atoms with Crippen molar-refractivity contribution in [3.63, 3.8) is 0 Å². The molecule has 1 amide bonds. The maximum Gasteiger partial charge on any atom is 0.286 e. The van der Waals surface area contributed by atoms with Gasteiger partial charge in [0, 0.05) is 13.1 Å². The zero-order chi connectivity index (χ0) is 7.44. The topological polar surface area (TPSA) is 37.4 Å². The third-order valence-electron chi connectivity index (χ3n) is 1.22. The highest BCUT2D eigenvalue weighted by Crippen LogP contribution is 1.90. The fraction of sp³-hybridized carbons (Fsp3) is 0.667. The highest BCUT2D eigenvalue weighted by Gasteiger charge is 2.08. The molecule has 3 nitrogen and oxygen atoms in total. The molecule has 0 fully saturated rings. The van der Waals surface area contributed by atoms with Gasteiger partial charge in [-0.05, 0) is 13.8 Å². The lowest BCUT2D eigenvalue weighted by Crippen LogP contribution is -2.33. The van der Waals surface area contributed by atoms with E-state index in [1.165, 1.54) is 4.90 Å². The number of carbonyl (C=O) groups is 2. The average molecular weight is 129 g/mol. The number of amides is 1. The minimum absolute atomic E-state index is 0.0997. The molecular weight excluding hydrogens is 118 g/mol. The standard InChI is InChI=1S/C6H11NO2/c1-5(2)7(3)6(9)4-8/h4-5H,1-3H3. The van der Waals surface area contributed by atoms with Gasteiger partial charge in [0.05, 0.1) is 0 Å². The third-order valence-corrected chi connectivity index (χ3v) is 1.22. The molecule has 0 atom stereocenters. The maximum absolute atomic E-state index is 10.5. The summed E-state index contributed by atoms with van der Waals surface area (Å²) in [5.41, 5.74) is 0. The highest BCUT2D eigenvalue weighted by atomic mass is 16.2. The molecular formula is C6H11NO2. The number of rotatable bonds is 2. The SMILES string of the molecule is CC(C)N(C)C(=O)C=O. The summed E-state index contributed by atoms with van der Waals surface area (Å²) < 4.78 is 0. The van der Waals surface area contributed by atoms with Gasteiger partial charge in [0.1, 0.15) is 0 Å². The molecule has 0 unspecified atom stereocenters. The average Bonchev–Trinajstić information content (AvgIpc) is 1.84.